The van der Waals surface area contributed by atoms with Gasteiger partial charge in [-0.1, -0.05) is 0 Å². The molecule has 0 aromatic heterocycles. The monoisotopic (exact) mass is 417 g/mol. The quantitative estimate of drug-likeness (QED) is 0.454. The molecule has 0 fully saturated rings. The second-order valence-electron chi connectivity index (χ2n) is 6.26. The van der Waals surface area contributed by atoms with Crippen LogP contribution >= 0.6 is 0 Å². The van der Waals surface area contributed by atoms with Crippen LogP contribution in [0.3, 0.4) is 0 Å². The van der Waals surface area contributed by atoms with Crippen LogP contribution in [0.1, 0.15) is 18.1 Å². The fourth-order valence-corrected chi connectivity index (χ4v) is 2.92. The highest BCUT2D eigenvalue weighted by molar-refractivity contribution is 5.79. The first-order valence-electron chi connectivity index (χ1n) is 9.62. The second kappa shape index (κ2) is 11.6. The minimum atomic E-state index is 0.436. The van der Waals surface area contributed by atoms with Crippen LogP contribution < -0.4 is 34.3 Å². The number of benzene rings is 2. The molecule has 0 aliphatic rings. The Kier molecular flexibility index (Phi) is 8.93. The lowest BCUT2D eigenvalue weighted by atomic mass is 10.2. The molecule has 0 heterocycles. The van der Waals surface area contributed by atoms with Gasteiger partial charge in [-0.2, -0.15) is 0 Å². The van der Waals surface area contributed by atoms with Gasteiger partial charge in [0, 0.05) is 24.7 Å². The molecule has 0 saturated heterocycles. The van der Waals surface area contributed by atoms with E-state index in [0.717, 1.165) is 29.2 Å². The Balaban J connectivity index is 2.17. The molecule has 0 spiro atoms. The first kappa shape index (κ1) is 23.0. The molecule has 0 unspecified atom stereocenters. The van der Waals surface area contributed by atoms with Crippen LogP contribution in [0.5, 0.6) is 28.7 Å². The van der Waals surface area contributed by atoms with Gasteiger partial charge in [0.25, 0.3) is 0 Å². The summed E-state index contributed by atoms with van der Waals surface area (Å²) in [5, 5.41) is 6.58. The number of methoxy groups -OCH3 is 5. The van der Waals surface area contributed by atoms with Gasteiger partial charge in [-0.25, -0.2) is 4.99 Å². The van der Waals surface area contributed by atoms with Crippen molar-refractivity contribution in [1.29, 1.82) is 0 Å². The summed E-state index contributed by atoms with van der Waals surface area (Å²) in [6.07, 6.45) is 0. The van der Waals surface area contributed by atoms with Gasteiger partial charge in [0.05, 0.1) is 42.1 Å². The smallest absolute Gasteiger partial charge is 0.203 e. The lowest BCUT2D eigenvalue weighted by Crippen LogP contribution is -2.36. The third kappa shape index (κ3) is 5.85. The minimum Gasteiger partial charge on any atom is -0.497 e. The van der Waals surface area contributed by atoms with E-state index in [1.165, 1.54) is 0 Å². The standard InChI is InChI=1S/C22H31N3O5/c1-7-23-22(25-14-16-8-9-17(26-2)12-18(16)27-3)24-13-15-10-19(28-4)21(30-6)20(11-15)29-5/h8-12H,7,13-14H2,1-6H3,(H2,23,24,25). The average Bonchev–Trinajstić information content (AvgIpc) is 2.79. The topological polar surface area (TPSA) is 82.6 Å². The SMILES string of the molecule is CCNC(=NCc1cc(OC)c(OC)c(OC)c1)NCc1ccc(OC)cc1OC. The van der Waals surface area contributed by atoms with E-state index in [-0.39, 0.29) is 0 Å². The summed E-state index contributed by atoms with van der Waals surface area (Å²) in [5.74, 6) is 3.94. The van der Waals surface area contributed by atoms with Crippen molar-refractivity contribution in [1.82, 2.24) is 10.6 Å². The molecule has 8 heteroatoms. The Labute approximate surface area is 178 Å². The number of hydrogen-bond donors (Lipinski definition) is 2. The fourth-order valence-electron chi connectivity index (χ4n) is 2.92. The lowest BCUT2D eigenvalue weighted by Gasteiger charge is -2.15. The fraction of sp³-hybridized carbons (Fsp3) is 0.409. The highest BCUT2D eigenvalue weighted by atomic mass is 16.5. The highest BCUT2D eigenvalue weighted by Gasteiger charge is 2.13. The largest absolute Gasteiger partial charge is 0.497 e. The Morgan fingerprint density at radius 3 is 2.00 bits per heavy atom. The van der Waals surface area contributed by atoms with Crippen LogP contribution in [0.2, 0.25) is 0 Å². The number of hydrogen-bond acceptors (Lipinski definition) is 6. The first-order chi connectivity index (χ1) is 14.6. The van der Waals surface area contributed by atoms with Gasteiger partial charge in [0.2, 0.25) is 5.75 Å². The minimum absolute atomic E-state index is 0.436. The number of ether oxygens (including phenoxy) is 5. The van der Waals surface area contributed by atoms with Gasteiger partial charge in [0.15, 0.2) is 17.5 Å². The summed E-state index contributed by atoms with van der Waals surface area (Å²) in [7, 11) is 8.04. The van der Waals surface area contributed by atoms with Crippen molar-refractivity contribution in [3.63, 3.8) is 0 Å². The molecule has 0 aliphatic heterocycles. The van der Waals surface area contributed by atoms with E-state index in [1.54, 1.807) is 35.5 Å². The molecule has 0 amide bonds. The number of aliphatic imine (C=N–C) groups is 1. The molecule has 0 bridgehead atoms. The van der Waals surface area contributed by atoms with Crippen LogP contribution in [0, 0.1) is 0 Å². The van der Waals surface area contributed by atoms with Gasteiger partial charge in [-0.15, -0.1) is 0 Å². The Bertz CT molecular complexity index is 830. The molecule has 0 aliphatic carbocycles. The molecule has 164 valence electrons. The summed E-state index contributed by atoms with van der Waals surface area (Å²) < 4.78 is 26.9. The Hall–Kier alpha value is -3.29. The Morgan fingerprint density at radius 1 is 0.800 bits per heavy atom. The van der Waals surface area contributed by atoms with E-state index >= 15 is 0 Å². The van der Waals surface area contributed by atoms with E-state index in [2.05, 4.69) is 15.6 Å². The van der Waals surface area contributed by atoms with Crippen molar-refractivity contribution in [2.24, 2.45) is 4.99 Å². The van der Waals surface area contributed by atoms with Crippen LogP contribution in [0.4, 0.5) is 0 Å². The second-order valence-corrected chi connectivity index (χ2v) is 6.26. The van der Waals surface area contributed by atoms with Crippen molar-refractivity contribution >= 4 is 5.96 Å². The lowest BCUT2D eigenvalue weighted by molar-refractivity contribution is 0.324. The molecule has 0 radical (unpaired) electrons. The van der Waals surface area contributed by atoms with Gasteiger partial charge >= 0.3 is 0 Å². The van der Waals surface area contributed by atoms with Crippen molar-refractivity contribution in [3.05, 3.63) is 41.5 Å². The molecule has 30 heavy (non-hydrogen) atoms. The van der Waals surface area contributed by atoms with E-state index < -0.39 is 0 Å². The molecular formula is C22H31N3O5. The van der Waals surface area contributed by atoms with E-state index in [9.17, 15) is 0 Å². The number of nitrogens with one attached hydrogen (secondary N) is 2. The van der Waals surface area contributed by atoms with Crippen molar-refractivity contribution in [2.45, 2.75) is 20.0 Å². The summed E-state index contributed by atoms with van der Waals surface area (Å²) in [5.41, 5.74) is 1.93. The number of guanidine groups is 1. The van der Waals surface area contributed by atoms with Crippen LogP contribution in [-0.4, -0.2) is 48.1 Å². The maximum Gasteiger partial charge on any atom is 0.203 e. The van der Waals surface area contributed by atoms with Gasteiger partial charge in [-0.3, -0.25) is 0 Å². The van der Waals surface area contributed by atoms with E-state index in [4.69, 9.17) is 23.7 Å². The number of rotatable bonds is 10. The van der Waals surface area contributed by atoms with Crippen molar-refractivity contribution < 1.29 is 23.7 Å². The average molecular weight is 418 g/mol. The van der Waals surface area contributed by atoms with Gasteiger partial charge in [0.1, 0.15) is 11.5 Å². The molecule has 2 N–H and O–H groups in total. The van der Waals surface area contributed by atoms with Crippen LogP contribution in [0.25, 0.3) is 0 Å². The molecular weight excluding hydrogens is 386 g/mol. The zero-order chi connectivity index (χ0) is 21.9. The molecule has 8 nitrogen and oxygen atoms in total. The molecule has 0 saturated carbocycles. The van der Waals surface area contributed by atoms with Crippen LogP contribution in [-0.2, 0) is 13.1 Å². The normalized spacial score (nSPS) is 10.9. The summed E-state index contributed by atoms with van der Waals surface area (Å²) in [6, 6.07) is 9.51. The summed E-state index contributed by atoms with van der Waals surface area (Å²) in [6.45, 7) is 3.74. The van der Waals surface area contributed by atoms with E-state index in [0.29, 0.717) is 36.3 Å². The number of nitrogens with zero attached hydrogens (tertiary/aromatic N) is 1. The van der Waals surface area contributed by atoms with Crippen molar-refractivity contribution in [2.75, 3.05) is 42.1 Å². The zero-order valence-electron chi connectivity index (χ0n) is 18.5. The first-order valence-corrected chi connectivity index (χ1v) is 9.62. The van der Waals surface area contributed by atoms with E-state index in [1.807, 2.05) is 37.3 Å². The van der Waals surface area contributed by atoms with Gasteiger partial charge in [-0.05, 0) is 36.8 Å². The molecule has 2 rings (SSSR count). The van der Waals surface area contributed by atoms with Crippen LogP contribution in [0.15, 0.2) is 35.3 Å². The predicted octanol–water partition coefficient (Wildman–Crippen LogP) is 2.98. The molecule has 0 atom stereocenters. The highest BCUT2D eigenvalue weighted by Crippen LogP contribution is 2.38. The van der Waals surface area contributed by atoms with Crippen molar-refractivity contribution in [3.8, 4) is 28.7 Å². The summed E-state index contributed by atoms with van der Waals surface area (Å²) >= 11 is 0. The predicted molar refractivity (Wildman–Crippen MR) is 117 cm³/mol. The third-order valence-electron chi connectivity index (χ3n) is 4.43. The zero-order valence-corrected chi connectivity index (χ0v) is 18.5. The molecule has 2 aromatic carbocycles. The maximum absolute atomic E-state index is 5.46. The Morgan fingerprint density at radius 2 is 1.47 bits per heavy atom. The maximum atomic E-state index is 5.46. The third-order valence-corrected chi connectivity index (χ3v) is 4.43. The summed E-state index contributed by atoms with van der Waals surface area (Å²) in [4.78, 5) is 4.67. The molecule has 2 aromatic rings. The van der Waals surface area contributed by atoms with Gasteiger partial charge < -0.3 is 34.3 Å².